The smallest absolute Gasteiger partial charge is 0.0500 e. The monoisotopic (exact) mass is 450 g/mol. The van der Waals surface area contributed by atoms with Crippen LogP contribution in [0, 0.1) is 42.4 Å². The lowest BCUT2D eigenvalue weighted by Crippen LogP contribution is -2.14. The minimum atomic E-state index is 0.744. The first-order chi connectivity index (χ1) is 17.3. The van der Waals surface area contributed by atoms with E-state index in [-0.39, 0.29) is 0 Å². The summed E-state index contributed by atoms with van der Waals surface area (Å²) in [4.78, 5) is 0. The molecule has 0 spiro atoms. The molecule has 0 bridgehead atoms. The Balaban J connectivity index is 1.35. The maximum Gasteiger partial charge on any atom is 0.0500 e. The molecule has 35 heavy (non-hydrogen) atoms. The zero-order valence-electron chi connectivity index (χ0n) is 19.7. The average Bonchev–Trinajstić information content (AvgIpc) is 2.90. The highest BCUT2D eigenvalue weighted by molar-refractivity contribution is 5.62. The lowest BCUT2D eigenvalue weighted by atomic mass is 10.1. The third-order valence-corrected chi connectivity index (χ3v) is 5.24. The van der Waals surface area contributed by atoms with Gasteiger partial charge in [-0.1, -0.05) is 83.8 Å². The zero-order valence-corrected chi connectivity index (χ0v) is 19.7. The van der Waals surface area contributed by atoms with Crippen molar-refractivity contribution in [3.05, 3.63) is 131 Å². The third-order valence-electron chi connectivity index (χ3n) is 5.24. The van der Waals surface area contributed by atoms with Crippen molar-refractivity contribution in [2.75, 3.05) is 23.7 Å². The molecule has 0 aromatic heterocycles. The second kappa shape index (κ2) is 12.4. The van der Waals surface area contributed by atoms with Gasteiger partial charge < -0.3 is 10.6 Å². The highest BCUT2D eigenvalue weighted by atomic mass is 14.9. The van der Waals surface area contributed by atoms with Crippen molar-refractivity contribution >= 4 is 11.4 Å². The van der Waals surface area contributed by atoms with Crippen LogP contribution >= 0.6 is 0 Å². The number of nitrogens with one attached hydrogen (secondary N) is 2. The van der Waals surface area contributed by atoms with Crippen LogP contribution in [0.5, 0.6) is 0 Å². The van der Waals surface area contributed by atoms with E-state index in [0.717, 1.165) is 46.7 Å². The quantitative estimate of drug-likeness (QED) is 0.275. The molecule has 0 aliphatic heterocycles. The van der Waals surface area contributed by atoms with Crippen LogP contribution in [0.1, 0.15) is 27.8 Å². The van der Waals surface area contributed by atoms with Gasteiger partial charge in [-0.25, -0.2) is 0 Å². The zero-order chi connectivity index (χ0) is 24.1. The molecule has 4 rings (SSSR count). The van der Waals surface area contributed by atoms with Crippen molar-refractivity contribution in [3.8, 4) is 35.5 Å². The second-order valence-corrected chi connectivity index (χ2v) is 7.93. The maximum atomic E-state index is 3.50. The van der Waals surface area contributed by atoms with Gasteiger partial charge in [-0.3, -0.25) is 0 Å². The van der Waals surface area contributed by atoms with Gasteiger partial charge in [-0.2, -0.15) is 0 Å². The van der Waals surface area contributed by atoms with Crippen molar-refractivity contribution in [1.82, 2.24) is 0 Å². The van der Waals surface area contributed by atoms with Gasteiger partial charge in [0.2, 0.25) is 0 Å². The molecule has 0 radical (unpaired) electrons. The predicted molar refractivity (Wildman–Crippen MR) is 147 cm³/mol. The molecule has 0 heterocycles. The highest BCUT2D eigenvalue weighted by Crippen LogP contribution is 2.15. The Morgan fingerprint density at radius 1 is 0.486 bits per heavy atom. The summed E-state index contributed by atoms with van der Waals surface area (Å²) in [5, 5.41) is 6.97. The largest absolute Gasteiger partial charge is 0.382 e. The van der Waals surface area contributed by atoms with E-state index >= 15 is 0 Å². The molecular weight excluding hydrogens is 424 g/mol. The molecule has 4 aromatic carbocycles. The van der Waals surface area contributed by atoms with Gasteiger partial charge in [0.1, 0.15) is 0 Å². The molecule has 0 fully saturated rings. The number of rotatable bonds is 5. The summed E-state index contributed by atoms with van der Waals surface area (Å²) in [7, 11) is 0. The van der Waals surface area contributed by atoms with Gasteiger partial charge in [-0.05, 0) is 67.3 Å². The van der Waals surface area contributed by atoms with Crippen LogP contribution in [-0.4, -0.2) is 13.1 Å². The van der Waals surface area contributed by atoms with Gasteiger partial charge in [0.15, 0.2) is 0 Å². The number of anilines is 2. The van der Waals surface area contributed by atoms with Gasteiger partial charge in [-0.15, -0.1) is 0 Å². The Kier molecular flexibility index (Phi) is 8.27. The van der Waals surface area contributed by atoms with E-state index in [1.807, 2.05) is 72.8 Å². The van der Waals surface area contributed by atoms with Crippen molar-refractivity contribution in [3.63, 3.8) is 0 Å². The molecule has 0 aliphatic rings. The number of para-hydroxylation sites is 2. The summed E-state index contributed by atoms with van der Waals surface area (Å²) < 4.78 is 0. The summed E-state index contributed by atoms with van der Waals surface area (Å²) in [6.45, 7) is 3.57. The van der Waals surface area contributed by atoms with Crippen LogP contribution in [0.25, 0.3) is 0 Å². The minimum absolute atomic E-state index is 0.744. The first kappa shape index (κ1) is 23.3. The van der Waals surface area contributed by atoms with Gasteiger partial charge in [0, 0.05) is 46.7 Å². The molecule has 2 heteroatoms. The van der Waals surface area contributed by atoms with E-state index in [9.17, 15) is 0 Å². The van der Waals surface area contributed by atoms with Crippen molar-refractivity contribution in [2.45, 2.75) is 6.92 Å². The molecule has 168 valence electrons. The standard InChI is InChI=1S/C33H26N2/c1-27-19-21-29(22-20-27)23-24-31-16-8-10-18-33(31)35-26-25-34-32-17-9-7-15-30(32)14-6-5-13-28-11-3-2-4-12-28/h2-4,7-12,15-22,34-35H,25-26H2,1H3. The molecule has 2 nitrogen and oxygen atoms in total. The predicted octanol–water partition coefficient (Wildman–Crippen LogP) is 6.32. The SMILES string of the molecule is Cc1ccc(C#Cc2ccccc2NCCNc2ccccc2C#CC#Cc2ccccc2)cc1. The number of benzene rings is 4. The van der Waals surface area contributed by atoms with E-state index in [2.05, 4.69) is 83.4 Å². The molecular formula is C33H26N2. The van der Waals surface area contributed by atoms with Crippen LogP contribution in [0.3, 0.4) is 0 Å². The lowest BCUT2D eigenvalue weighted by Gasteiger charge is -2.11. The Hall–Kier alpha value is -4.84. The summed E-state index contributed by atoms with van der Waals surface area (Å²) in [5.41, 5.74) is 7.14. The van der Waals surface area contributed by atoms with E-state index in [4.69, 9.17) is 0 Å². The summed E-state index contributed by atoms with van der Waals surface area (Å²) in [6, 6.07) is 34.3. The lowest BCUT2D eigenvalue weighted by molar-refractivity contribution is 1.08. The number of hydrogen-bond acceptors (Lipinski definition) is 2. The van der Waals surface area contributed by atoms with Crippen molar-refractivity contribution < 1.29 is 0 Å². The van der Waals surface area contributed by atoms with Gasteiger partial charge in [0.05, 0.1) is 0 Å². The average molecular weight is 451 g/mol. The van der Waals surface area contributed by atoms with Gasteiger partial charge >= 0.3 is 0 Å². The normalized spacial score (nSPS) is 9.40. The van der Waals surface area contributed by atoms with E-state index in [0.29, 0.717) is 0 Å². The molecule has 0 aliphatic carbocycles. The second-order valence-electron chi connectivity index (χ2n) is 7.93. The first-order valence-electron chi connectivity index (χ1n) is 11.6. The Morgan fingerprint density at radius 2 is 1.00 bits per heavy atom. The van der Waals surface area contributed by atoms with Crippen LogP contribution in [0.15, 0.2) is 103 Å². The molecule has 0 saturated heterocycles. The van der Waals surface area contributed by atoms with E-state index < -0.39 is 0 Å². The fraction of sp³-hybridized carbons (Fsp3) is 0.0909. The van der Waals surface area contributed by atoms with Crippen LogP contribution < -0.4 is 10.6 Å². The number of hydrogen-bond donors (Lipinski definition) is 2. The summed E-state index contributed by atoms with van der Waals surface area (Å²) in [6.07, 6.45) is 0. The Bertz CT molecular complexity index is 1450. The molecule has 0 amide bonds. The fourth-order valence-electron chi connectivity index (χ4n) is 3.39. The third kappa shape index (κ3) is 7.33. The molecule has 2 N–H and O–H groups in total. The fourth-order valence-corrected chi connectivity index (χ4v) is 3.39. The maximum absolute atomic E-state index is 3.50. The van der Waals surface area contributed by atoms with E-state index in [1.165, 1.54) is 5.56 Å². The molecule has 4 aromatic rings. The molecule has 0 unspecified atom stereocenters. The Labute approximate surface area is 208 Å². The first-order valence-corrected chi connectivity index (χ1v) is 11.6. The Morgan fingerprint density at radius 3 is 1.66 bits per heavy atom. The van der Waals surface area contributed by atoms with Crippen LogP contribution in [0.4, 0.5) is 11.4 Å². The molecule has 0 saturated carbocycles. The van der Waals surface area contributed by atoms with Crippen LogP contribution in [0.2, 0.25) is 0 Å². The number of aryl methyl sites for hydroxylation is 1. The van der Waals surface area contributed by atoms with Crippen molar-refractivity contribution in [1.29, 1.82) is 0 Å². The van der Waals surface area contributed by atoms with Gasteiger partial charge in [0.25, 0.3) is 0 Å². The minimum Gasteiger partial charge on any atom is -0.382 e. The van der Waals surface area contributed by atoms with E-state index in [1.54, 1.807) is 0 Å². The topological polar surface area (TPSA) is 24.1 Å². The summed E-state index contributed by atoms with van der Waals surface area (Å²) in [5.74, 6) is 18.7. The highest BCUT2D eigenvalue weighted by Gasteiger charge is 2.00. The molecule has 0 atom stereocenters. The van der Waals surface area contributed by atoms with Crippen molar-refractivity contribution in [2.24, 2.45) is 0 Å². The summed E-state index contributed by atoms with van der Waals surface area (Å²) >= 11 is 0. The van der Waals surface area contributed by atoms with Crippen LogP contribution in [-0.2, 0) is 0 Å².